The number of ether oxygens (including phenoxy) is 6. The maximum Gasteiger partial charge on any atom is 0.573 e. The number of hydrogen-bond donors (Lipinski definition) is 0. The molecule has 0 unspecified atom stereocenters. The summed E-state index contributed by atoms with van der Waals surface area (Å²) in [5.74, 6) is 0.735. The average molecular weight is 569 g/mol. The van der Waals surface area contributed by atoms with Gasteiger partial charge in [0.15, 0.2) is 32.8 Å². The van der Waals surface area contributed by atoms with Gasteiger partial charge in [0.2, 0.25) is 5.75 Å². The molecule has 0 heterocycles. The third kappa shape index (κ3) is 7.08. The van der Waals surface area contributed by atoms with Crippen molar-refractivity contribution >= 4 is 22.0 Å². The number of alkyl halides is 3. The zero-order chi connectivity index (χ0) is 28.8. The van der Waals surface area contributed by atoms with Gasteiger partial charge in [0, 0.05) is 5.56 Å². The van der Waals surface area contributed by atoms with Gasteiger partial charge >= 0.3 is 6.36 Å². The van der Waals surface area contributed by atoms with E-state index in [1.807, 2.05) is 0 Å². The van der Waals surface area contributed by atoms with E-state index in [1.54, 1.807) is 36.4 Å². The Bertz CT molecular complexity index is 1410. The van der Waals surface area contributed by atoms with Crippen LogP contribution >= 0.6 is 0 Å². The van der Waals surface area contributed by atoms with E-state index in [0.29, 0.717) is 34.1 Å². The lowest BCUT2D eigenvalue weighted by molar-refractivity contribution is -0.274. The van der Waals surface area contributed by atoms with E-state index in [0.717, 1.165) is 24.3 Å². The minimum Gasteiger partial charge on any atom is -0.493 e. The monoisotopic (exact) mass is 568 g/mol. The third-order valence-electron chi connectivity index (χ3n) is 5.58. The molecule has 0 aromatic heterocycles. The summed E-state index contributed by atoms with van der Waals surface area (Å²) in [6.45, 7) is 0. The Hall–Kier alpha value is -4.06. The number of halogens is 3. The highest BCUT2D eigenvalue weighted by Crippen LogP contribution is 2.40. The van der Waals surface area contributed by atoms with Gasteiger partial charge in [0.05, 0.1) is 46.2 Å². The van der Waals surface area contributed by atoms with E-state index in [4.69, 9.17) is 23.7 Å². The van der Waals surface area contributed by atoms with Crippen molar-refractivity contribution in [2.45, 2.75) is 17.0 Å². The molecule has 3 rings (SSSR count). The molecule has 210 valence electrons. The predicted octanol–water partition coefficient (Wildman–Crippen LogP) is 5.77. The van der Waals surface area contributed by atoms with Gasteiger partial charge in [-0.25, -0.2) is 8.42 Å². The Labute approximate surface area is 224 Å². The molecule has 39 heavy (non-hydrogen) atoms. The molecule has 0 N–H and O–H groups in total. The molecule has 3 aromatic carbocycles. The summed E-state index contributed by atoms with van der Waals surface area (Å²) in [5, 5.41) is 0. The van der Waals surface area contributed by atoms with Crippen LogP contribution < -0.4 is 28.4 Å². The van der Waals surface area contributed by atoms with Gasteiger partial charge in [-0.05, 0) is 53.6 Å². The lowest BCUT2D eigenvalue weighted by Crippen LogP contribution is -2.17. The van der Waals surface area contributed by atoms with Crippen LogP contribution in [0.2, 0.25) is 0 Å². The molecule has 0 aliphatic rings. The zero-order valence-corrected chi connectivity index (χ0v) is 22.6. The summed E-state index contributed by atoms with van der Waals surface area (Å²) in [7, 11) is 3.24. The summed E-state index contributed by atoms with van der Waals surface area (Å²) in [4.78, 5) is -0.193. The molecule has 3 aromatic rings. The van der Waals surface area contributed by atoms with E-state index in [1.165, 1.54) is 35.5 Å². The van der Waals surface area contributed by atoms with Gasteiger partial charge in [0.1, 0.15) is 5.75 Å². The second kappa shape index (κ2) is 12.2. The summed E-state index contributed by atoms with van der Waals surface area (Å²) < 4.78 is 94.8. The molecule has 0 bridgehead atoms. The Kier molecular flexibility index (Phi) is 9.23. The van der Waals surface area contributed by atoms with E-state index in [9.17, 15) is 21.6 Å². The van der Waals surface area contributed by atoms with Gasteiger partial charge in [-0.3, -0.25) is 0 Å². The number of hydrogen-bond acceptors (Lipinski definition) is 8. The van der Waals surface area contributed by atoms with Crippen molar-refractivity contribution in [3.8, 4) is 34.5 Å². The number of sulfone groups is 1. The first-order chi connectivity index (χ1) is 18.5. The second-order valence-corrected chi connectivity index (χ2v) is 9.93. The van der Waals surface area contributed by atoms with Crippen molar-refractivity contribution in [1.82, 2.24) is 0 Å². The Morgan fingerprint density at radius 2 is 1.28 bits per heavy atom. The lowest BCUT2D eigenvalue weighted by atomic mass is 10.0. The predicted molar refractivity (Wildman–Crippen MR) is 139 cm³/mol. The molecule has 12 heteroatoms. The smallest absolute Gasteiger partial charge is 0.493 e. The second-order valence-electron chi connectivity index (χ2n) is 7.94. The van der Waals surface area contributed by atoms with Gasteiger partial charge in [0.25, 0.3) is 0 Å². The maximum absolute atomic E-state index is 13.3. The first-order valence-electron chi connectivity index (χ1n) is 11.3. The SMILES string of the molecule is COc1cc(/C=C\c2ccc(OC)c(OC)c2CS(=O)(=O)c2ccc(OC(F)(F)F)cc2)cc(OC)c1OC. The average Bonchev–Trinajstić information content (AvgIpc) is 2.90. The molecule has 0 radical (unpaired) electrons. The van der Waals surface area contributed by atoms with Crippen LogP contribution in [0.1, 0.15) is 16.7 Å². The van der Waals surface area contributed by atoms with Crippen LogP contribution in [-0.4, -0.2) is 50.3 Å². The van der Waals surface area contributed by atoms with Crippen molar-refractivity contribution < 1.29 is 50.0 Å². The summed E-state index contributed by atoms with van der Waals surface area (Å²) in [6, 6.07) is 10.7. The van der Waals surface area contributed by atoms with E-state index in [2.05, 4.69) is 4.74 Å². The Balaban J connectivity index is 2.04. The van der Waals surface area contributed by atoms with E-state index >= 15 is 0 Å². The van der Waals surface area contributed by atoms with Crippen LogP contribution in [0.15, 0.2) is 53.4 Å². The number of rotatable bonds is 11. The first kappa shape index (κ1) is 29.5. The van der Waals surface area contributed by atoms with Crippen LogP contribution in [-0.2, 0) is 15.6 Å². The number of benzene rings is 3. The lowest BCUT2D eigenvalue weighted by Gasteiger charge is -2.16. The van der Waals surface area contributed by atoms with Crippen molar-refractivity contribution in [3.63, 3.8) is 0 Å². The molecular formula is C27H27F3O8S. The standard InChI is InChI=1S/C27H27F3O8S/c1-33-22-13-8-18(7-6-17-14-23(34-2)26(37-5)24(15-17)35-3)21(25(22)36-4)16-39(31,32)20-11-9-19(10-12-20)38-27(28,29)30/h6-15H,16H2,1-5H3/b7-6-. The highest BCUT2D eigenvalue weighted by molar-refractivity contribution is 7.90. The van der Waals surface area contributed by atoms with Gasteiger partial charge in [-0.15, -0.1) is 13.2 Å². The fourth-order valence-electron chi connectivity index (χ4n) is 3.82. The van der Waals surface area contributed by atoms with Crippen LogP contribution in [0.5, 0.6) is 34.5 Å². The van der Waals surface area contributed by atoms with Crippen LogP contribution in [0, 0.1) is 0 Å². The molecule has 0 aliphatic carbocycles. The summed E-state index contributed by atoms with van der Waals surface area (Å²) >= 11 is 0. The maximum atomic E-state index is 13.3. The van der Waals surface area contributed by atoms with Gasteiger partial charge in [-0.2, -0.15) is 0 Å². The van der Waals surface area contributed by atoms with Crippen molar-refractivity contribution in [1.29, 1.82) is 0 Å². The normalized spacial score (nSPS) is 11.8. The summed E-state index contributed by atoms with van der Waals surface area (Å²) in [6.07, 6.45) is -1.48. The molecule has 0 atom stereocenters. The molecule has 0 aliphatic heterocycles. The molecular weight excluding hydrogens is 541 g/mol. The van der Waals surface area contributed by atoms with Crippen molar-refractivity contribution in [2.75, 3.05) is 35.5 Å². The largest absolute Gasteiger partial charge is 0.573 e. The van der Waals surface area contributed by atoms with Crippen molar-refractivity contribution in [3.05, 3.63) is 65.2 Å². The molecule has 0 saturated heterocycles. The van der Waals surface area contributed by atoms with E-state index in [-0.39, 0.29) is 16.2 Å². The first-order valence-corrected chi connectivity index (χ1v) is 12.9. The topological polar surface area (TPSA) is 89.5 Å². The fraction of sp³-hybridized carbons (Fsp3) is 0.259. The van der Waals surface area contributed by atoms with Crippen LogP contribution in [0.3, 0.4) is 0 Å². The Morgan fingerprint density at radius 1 is 0.718 bits per heavy atom. The Morgan fingerprint density at radius 3 is 1.77 bits per heavy atom. The quantitative estimate of drug-likeness (QED) is 0.269. The molecule has 0 saturated carbocycles. The van der Waals surface area contributed by atoms with Crippen molar-refractivity contribution in [2.24, 2.45) is 0 Å². The zero-order valence-electron chi connectivity index (χ0n) is 21.8. The molecule has 0 fully saturated rings. The van der Waals surface area contributed by atoms with E-state index < -0.39 is 27.7 Å². The third-order valence-corrected chi connectivity index (χ3v) is 7.24. The number of methoxy groups -OCH3 is 5. The van der Waals surface area contributed by atoms with Gasteiger partial charge in [-0.1, -0.05) is 18.2 Å². The molecule has 0 spiro atoms. The van der Waals surface area contributed by atoms with Crippen LogP contribution in [0.4, 0.5) is 13.2 Å². The molecule has 0 amide bonds. The molecule has 8 nitrogen and oxygen atoms in total. The van der Waals surface area contributed by atoms with Crippen LogP contribution in [0.25, 0.3) is 12.2 Å². The highest BCUT2D eigenvalue weighted by Gasteiger charge is 2.31. The fourth-order valence-corrected chi connectivity index (χ4v) is 5.21. The minimum absolute atomic E-state index is 0.193. The summed E-state index contributed by atoms with van der Waals surface area (Å²) in [5.41, 5.74) is 1.46. The minimum atomic E-state index is -4.90. The highest BCUT2D eigenvalue weighted by atomic mass is 32.2. The van der Waals surface area contributed by atoms with Gasteiger partial charge < -0.3 is 28.4 Å².